The van der Waals surface area contributed by atoms with Gasteiger partial charge >= 0.3 is 0 Å². The van der Waals surface area contributed by atoms with Crippen LogP contribution in [-0.2, 0) is 0 Å². The monoisotopic (exact) mass is 522 g/mol. The van der Waals surface area contributed by atoms with E-state index < -0.39 is 0 Å². The Morgan fingerprint density at radius 1 is 0.862 bits per heavy atom. The van der Waals surface area contributed by atoms with Crippen molar-refractivity contribution in [2.45, 2.75) is 10.9 Å². The zero-order chi connectivity index (χ0) is 20.5. The Balaban J connectivity index is 1.64. The predicted octanol–water partition coefficient (Wildman–Crippen LogP) is 8.59. The van der Waals surface area contributed by atoms with Crippen LogP contribution in [0, 0.1) is 0 Å². The van der Waals surface area contributed by atoms with Gasteiger partial charge in [0.2, 0.25) is 0 Å². The highest BCUT2D eigenvalue weighted by Crippen LogP contribution is 2.42. The highest BCUT2D eigenvalue weighted by atomic mass is 35.5. The molecule has 1 aliphatic rings. The average Bonchev–Trinajstić information content (AvgIpc) is 3.00. The number of halogens is 5. The first-order valence-electron chi connectivity index (χ1n) is 8.75. The fourth-order valence-electron chi connectivity index (χ4n) is 3.34. The molecule has 1 fully saturated rings. The third-order valence-corrected chi connectivity index (χ3v) is 8.30. The molecule has 29 heavy (non-hydrogen) atoms. The number of hydrogen-bond donors (Lipinski definition) is 0. The average molecular weight is 525 g/mol. The lowest BCUT2D eigenvalue weighted by Crippen LogP contribution is -2.46. The van der Waals surface area contributed by atoms with E-state index in [2.05, 4.69) is 21.3 Å². The van der Waals surface area contributed by atoms with Gasteiger partial charge in [0.1, 0.15) is 4.34 Å². The summed E-state index contributed by atoms with van der Waals surface area (Å²) >= 11 is 34.2. The van der Waals surface area contributed by atoms with Crippen molar-refractivity contribution in [1.29, 1.82) is 0 Å². The van der Waals surface area contributed by atoms with E-state index in [1.807, 2.05) is 30.3 Å². The molecule has 0 aliphatic carbocycles. The van der Waals surface area contributed by atoms with Gasteiger partial charge in [-0.3, -0.25) is 0 Å². The highest BCUT2D eigenvalue weighted by Gasteiger charge is 2.30. The normalized spacial score (nSPS) is 17.7. The van der Waals surface area contributed by atoms with E-state index in [0.29, 0.717) is 23.7 Å². The lowest BCUT2D eigenvalue weighted by molar-refractivity contribution is 0.366. The van der Waals surface area contributed by atoms with Gasteiger partial charge in [0, 0.05) is 29.7 Å². The van der Waals surface area contributed by atoms with E-state index >= 15 is 0 Å². The number of rotatable bonds is 4. The molecule has 2 aromatic carbocycles. The molecule has 0 saturated carbocycles. The molecule has 1 unspecified atom stereocenters. The fourth-order valence-corrected chi connectivity index (χ4v) is 6.64. The predicted molar refractivity (Wildman–Crippen MR) is 130 cm³/mol. The van der Waals surface area contributed by atoms with Crippen LogP contribution in [0.15, 0.2) is 53.4 Å². The molecule has 1 atom stereocenters. The summed E-state index contributed by atoms with van der Waals surface area (Å²) in [6.45, 7) is 2.43. The van der Waals surface area contributed by atoms with E-state index in [0.717, 1.165) is 30.2 Å². The molecule has 2 heterocycles. The lowest BCUT2D eigenvalue weighted by atomic mass is 10.0. The second-order valence-electron chi connectivity index (χ2n) is 6.52. The van der Waals surface area contributed by atoms with Gasteiger partial charge in [-0.1, -0.05) is 70.1 Å². The zero-order valence-electron chi connectivity index (χ0n) is 14.9. The van der Waals surface area contributed by atoms with Crippen LogP contribution < -0.4 is 4.90 Å². The molecule has 0 spiro atoms. The standard InChI is InChI=1S/C20H15Cl5N2S2/c21-13-3-1-12(2-4-13)17-11-26(29-18-10-19(24)28-20(18)25)7-8-27(17)16-6-5-14(22)9-15(16)23/h1-6,9-10,17H,7-8,11H2. The van der Waals surface area contributed by atoms with Gasteiger partial charge in [-0.2, -0.15) is 0 Å². The summed E-state index contributed by atoms with van der Waals surface area (Å²) in [5.41, 5.74) is 2.14. The van der Waals surface area contributed by atoms with Crippen LogP contribution in [0.3, 0.4) is 0 Å². The zero-order valence-corrected chi connectivity index (χ0v) is 20.3. The van der Waals surface area contributed by atoms with Crippen molar-refractivity contribution in [2.24, 2.45) is 0 Å². The van der Waals surface area contributed by atoms with E-state index in [9.17, 15) is 0 Å². The quantitative estimate of drug-likeness (QED) is 0.316. The van der Waals surface area contributed by atoms with Gasteiger partial charge in [-0.05, 0) is 53.9 Å². The number of benzene rings is 2. The maximum Gasteiger partial charge on any atom is 0.109 e. The lowest BCUT2D eigenvalue weighted by Gasteiger charge is -2.42. The van der Waals surface area contributed by atoms with E-state index in [4.69, 9.17) is 58.0 Å². The molecule has 2 nitrogen and oxygen atoms in total. The second kappa shape index (κ2) is 9.46. The largest absolute Gasteiger partial charge is 0.361 e. The smallest absolute Gasteiger partial charge is 0.109 e. The van der Waals surface area contributed by atoms with Crippen LogP contribution >= 0.6 is 81.3 Å². The first-order chi connectivity index (χ1) is 13.9. The summed E-state index contributed by atoms with van der Waals surface area (Å²) in [5, 5.41) is 1.98. The number of piperazine rings is 1. The first kappa shape index (κ1) is 21.9. The Hall–Kier alpha value is -0.300. The Morgan fingerprint density at radius 2 is 1.59 bits per heavy atom. The van der Waals surface area contributed by atoms with Crippen molar-refractivity contribution >= 4 is 87.0 Å². The van der Waals surface area contributed by atoms with Crippen molar-refractivity contribution in [1.82, 2.24) is 4.31 Å². The van der Waals surface area contributed by atoms with Crippen LogP contribution in [0.2, 0.25) is 23.7 Å². The summed E-state index contributed by atoms with van der Waals surface area (Å²) in [4.78, 5) is 3.30. The summed E-state index contributed by atoms with van der Waals surface area (Å²) in [6, 6.07) is 15.6. The molecule has 0 amide bonds. The van der Waals surface area contributed by atoms with E-state index in [1.165, 1.54) is 16.9 Å². The molecule has 0 bridgehead atoms. The van der Waals surface area contributed by atoms with Crippen molar-refractivity contribution in [3.05, 3.63) is 77.8 Å². The molecule has 3 aromatic rings. The summed E-state index contributed by atoms with van der Waals surface area (Å²) in [6.07, 6.45) is 0. The van der Waals surface area contributed by atoms with Crippen molar-refractivity contribution < 1.29 is 0 Å². The minimum atomic E-state index is 0.0973. The number of nitrogens with zero attached hydrogens (tertiary/aromatic N) is 2. The fraction of sp³-hybridized carbons (Fsp3) is 0.200. The molecular weight excluding hydrogens is 510 g/mol. The van der Waals surface area contributed by atoms with Crippen LogP contribution in [0.25, 0.3) is 0 Å². The Bertz CT molecular complexity index is 1010. The summed E-state index contributed by atoms with van der Waals surface area (Å²) < 4.78 is 3.72. The minimum absolute atomic E-state index is 0.0973. The molecule has 4 rings (SSSR count). The third kappa shape index (κ3) is 5.13. The molecule has 1 aromatic heterocycles. The van der Waals surface area contributed by atoms with Gasteiger partial charge in [-0.15, -0.1) is 11.3 Å². The van der Waals surface area contributed by atoms with E-state index in [1.54, 1.807) is 18.0 Å². The molecule has 1 saturated heterocycles. The first-order valence-corrected chi connectivity index (χ1v) is 12.2. The van der Waals surface area contributed by atoms with Crippen molar-refractivity contribution in [2.75, 3.05) is 24.5 Å². The SMILES string of the molecule is Clc1ccc(C2CN(Sc3cc(Cl)sc3Cl)CCN2c2ccc(Cl)cc2Cl)cc1. The maximum atomic E-state index is 6.53. The Morgan fingerprint density at radius 3 is 2.24 bits per heavy atom. The molecule has 1 aliphatic heterocycles. The Labute approximate surface area is 203 Å². The number of thiophene rings is 1. The molecule has 152 valence electrons. The molecule has 0 N–H and O–H groups in total. The number of anilines is 1. The molecule has 9 heteroatoms. The van der Waals surface area contributed by atoms with E-state index in [-0.39, 0.29) is 6.04 Å². The van der Waals surface area contributed by atoms with Crippen LogP contribution in [0.4, 0.5) is 5.69 Å². The number of hydrogen-bond acceptors (Lipinski definition) is 4. The van der Waals surface area contributed by atoms with Gasteiger partial charge in [-0.25, -0.2) is 4.31 Å². The maximum absolute atomic E-state index is 6.53. The van der Waals surface area contributed by atoms with Gasteiger partial charge < -0.3 is 4.90 Å². The Kier molecular flexibility index (Phi) is 7.14. The minimum Gasteiger partial charge on any atom is -0.361 e. The highest BCUT2D eigenvalue weighted by molar-refractivity contribution is 7.97. The topological polar surface area (TPSA) is 6.48 Å². The van der Waals surface area contributed by atoms with Crippen molar-refractivity contribution in [3.8, 4) is 0 Å². The molecule has 0 radical (unpaired) electrons. The van der Waals surface area contributed by atoms with Crippen LogP contribution in [-0.4, -0.2) is 23.9 Å². The summed E-state index contributed by atoms with van der Waals surface area (Å²) in [7, 11) is 0. The molecular formula is C20H15Cl5N2S2. The van der Waals surface area contributed by atoms with Gasteiger partial charge in [0.25, 0.3) is 0 Å². The summed E-state index contributed by atoms with van der Waals surface area (Å²) in [5.74, 6) is 0. The second-order valence-corrected chi connectivity index (χ2v) is 11.2. The van der Waals surface area contributed by atoms with Crippen LogP contribution in [0.5, 0.6) is 0 Å². The van der Waals surface area contributed by atoms with Gasteiger partial charge in [0.15, 0.2) is 0 Å². The van der Waals surface area contributed by atoms with Crippen molar-refractivity contribution in [3.63, 3.8) is 0 Å². The van der Waals surface area contributed by atoms with Gasteiger partial charge in [0.05, 0.1) is 26.0 Å². The van der Waals surface area contributed by atoms with Crippen LogP contribution in [0.1, 0.15) is 11.6 Å². The third-order valence-electron chi connectivity index (χ3n) is 4.67.